The summed E-state index contributed by atoms with van der Waals surface area (Å²) in [6.07, 6.45) is 0. The number of hydrogen-bond donors (Lipinski definition) is 1. The van der Waals surface area contributed by atoms with Gasteiger partial charge in [0, 0.05) is 43.3 Å². The van der Waals surface area contributed by atoms with Gasteiger partial charge in [0.25, 0.3) is 0 Å². The lowest BCUT2D eigenvalue weighted by molar-refractivity contribution is -0.122. The quantitative estimate of drug-likeness (QED) is 0.620. The number of anilines is 1. The number of benzene rings is 2. The number of nitrogens with zero attached hydrogens (tertiary/aromatic N) is 2. The van der Waals surface area contributed by atoms with Crippen LogP contribution in [0.4, 0.5) is 5.69 Å². The summed E-state index contributed by atoms with van der Waals surface area (Å²) in [6, 6.07) is 20.4. The maximum Gasteiger partial charge on any atom is 0.246 e. The average Bonchev–Trinajstić information content (AvgIpc) is 3.26. The fraction of sp³-hybridized carbons (Fsp3) is 0.320. The molecule has 1 fully saturated rings. The summed E-state index contributed by atoms with van der Waals surface area (Å²) in [5.74, 6) is 0.0432. The lowest BCUT2D eigenvalue weighted by Crippen LogP contribution is -2.49. The third-order valence-electron chi connectivity index (χ3n) is 5.75. The zero-order chi connectivity index (χ0) is 20.9. The van der Waals surface area contributed by atoms with E-state index in [-0.39, 0.29) is 11.9 Å². The van der Waals surface area contributed by atoms with Gasteiger partial charge in [-0.2, -0.15) is 0 Å². The molecule has 0 saturated carbocycles. The maximum absolute atomic E-state index is 13.4. The molecule has 1 aliphatic heterocycles. The van der Waals surface area contributed by atoms with Crippen LogP contribution in [0.2, 0.25) is 0 Å². The number of aryl methyl sites for hydroxylation is 2. The number of nitrogens with one attached hydrogen (secondary N) is 1. The highest BCUT2D eigenvalue weighted by Gasteiger charge is 2.30. The molecule has 30 heavy (non-hydrogen) atoms. The van der Waals surface area contributed by atoms with Gasteiger partial charge < -0.3 is 5.32 Å². The molecule has 1 atom stereocenters. The van der Waals surface area contributed by atoms with Crippen LogP contribution in [0.25, 0.3) is 0 Å². The molecule has 0 aliphatic carbocycles. The molecule has 1 aromatic heterocycles. The second-order valence-corrected chi connectivity index (χ2v) is 9.04. The third kappa shape index (κ3) is 4.98. The Morgan fingerprint density at radius 3 is 2.47 bits per heavy atom. The van der Waals surface area contributed by atoms with Crippen molar-refractivity contribution in [2.75, 3.05) is 31.5 Å². The summed E-state index contributed by atoms with van der Waals surface area (Å²) in [7, 11) is 0. The van der Waals surface area contributed by atoms with Crippen molar-refractivity contribution >= 4 is 22.9 Å². The van der Waals surface area contributed by atoms with Gasteiger partial charge in [-0.15, -0.1) is 11.3 Å². The van der Waals surface area contributed by atoms with Crippen LogP contribution in [-0.4, -0.2) is 41.9 Å². The lowest BCUT2D eigenvalue weighted by atomic mass is 10.0. The maximum atomic E-state index is 13.4. The molecule has 156 valence electrons. The lowest BCUT2D eigenvalue weighted by Gasteiger charge is -2.38. The van der Waals surface area contributed by atoms with E-state index in [0.29, 0.717) is 0 Å². The minimum atomic E-state index is -0.282. The molecule has 2 aromatic carbocycles. The van der Waals surface area contributed by atoms with Crippen LogP contribution in [0.3, 0.4) is 0 Å². The Labute approximate surface area is 183 Å². The van der Waals surface area contributed by atoms with Crippen LogP contribution in [-0.2, 0) is 11.3 Å². The van der Waals surface area contributed by atoms with E-state index in [1.807, 2.05) is 42.5 Å². The van der Waals surface area contributed by atoms with E-state index >= 15 is 0 Å². The van der Waals surface area contributed by atoms with E-state index in [4.69, 9.17) is 0 Å². The number of carbonyl (C=O) groups excluding carboxylic acids is 1. The topological polar surface area (TPSA) is 35.6 Å². The van der Waals surface area contributed by atoms with Gasteiger partial charge in [-0.05, 0) is 48.1 Å². The Kier molecular flexibility index (Phi) is 6.62. The molecule has 1 N–H and O–H groups in total. The first-order valence-electron chi connectivity index (χ1n) is 10.5. The van der Waals surface area contributed by atoms with Crippen molar-refractivity contribution in [2.45, 2.75) is 26.4 Å². The Morgan fingerprint density at radius 1 is 1.00 bits per heavy atom. The number of hydrogen-bond acceptors (Lipinski definition) is 4. The fourth-order valence-electron chi connectivity index (χ4n) is 4.04. The average molecular weight is 420 g/mol. The van der Waals surface area contributed by atoms with Gasteiger partial charge in [-0.1, -0.05) is 48.5 Å². The number of thiophene rings is 1. The summed E-state index contributed by atoms with van der Waals surface area (Å²) in [4.78, 5) is 19.6. The second kappa shape index (κ2) is 9.56. The summed E-state index contributed by atoms with van der Waals surface area (Å²) < 4.78 is 0. The van der Waals surface area contributed by atoms with Gasteiger partial charge in [0.15, 0.2) is 0 Å². The number of amides is 1. The predicted octanol–water partition coefficient (Wildman–Crippen LogP) is 4.86. The highest BCUT2D eigenvalue weighted by Crippen LogP contribution is 2.26. The first kappa shape index (κ1) is 20.8. The Bertz CT molecular complexity index is 963. The predicted molar refractivity (Wildman–Crippen MR) is 125 cm³/mol. The summed E-state index contributed by atoms with van der Waals surface area (Å²) >= 11 is 1.81. The zero-order valence-electron chi connectivity index (χ0n) is 17.7. The van der Waals surface area contributed by atoms with Gasteiger partial charge in [0.2, 0.25) is 5.91 Å². The van der Waals surface area contributed by atoms with Gasteiger partial charge in [-0.3, -0.25) is 14.6 Å². The minimum absolute atomic E-state index is 0.0432. The minimum Gasteiger partial charge on any atom is -0.324 e. The van der Waals surface area contributed by atoms with Crippen molar-refractivity contribution in [3.8, 4) is 0 Å². The van der Waals surface area contributed by atoms with Gasteiger partial charge in [0.05, 0.1) is 0 Å². The molecule has 0 radical (unpaired) electrons. The Morgan fingerprint density at radius 2 is 1.77 bits per heavy atom. The molecule has 1 aliphatic rings. The van der Waals surface area contributed by atoms with Crippen LogP contribution in [0.5, 0.6) is 0 Å². The molecule has 3 aromatic rings. The van der Waals surface area contributed by atoms with E-state index in [0.717, 1.165) is 55.1 Å². The summed E-state index contributed by atoms with van der Waals surface area (Å²) in [6.45, 7) is 8.79. The van der Waals surface area contributed by atoms with Crippen molar-refractivity contribution in [2.24, 2.45) is 0 Å². The van der Waals surface area contributed by atoms with Crippen molar-refractivity contribution in [3.63, 3.8) is 0 Å². The van der Waals surface area contributed by atoms with Gasteiger partial charge in [0.1, 0.15) is 6.04 Å². The van der Waals surface area contributed by atoms with Gasteiger partial charge in [-0.25, -0.2) is 0 Å². The SMILES string of the molecule is Cc1ccc(C)c(NC(=O)C(c2ccccc2)N2CCN(Cc3cccs3)CC2)c1. The zero-order valence-corrected chi connectivity index (χ0v) is 18.5. The number of carbonyl (C=O) groups is 1. The van der Waals surface area contributed by atoms with E-state index in [1.54, 1.807) is 0 Å². The summed E-state index contributed by atoms with van der Waals surface area (Å²) in [5.41, 5.74) is 4.18. The molecule has 0 spiro atoms. The van der Waals surface area contributed by atoms with Crippen molar-refractivity contribution in [3.05, 3.63) is 87.6 Å². The monoisotopic (exact) mass is 419 g/mol. The molecule has 1 amide bonds. The Hall–Kier alpha value is -2.47. The third-order valence-corrected chi connectivity index (χ3v) is 6.61. The second-order valence-electron chi connectivity index (χ2n) is 8.01. The molecular formula is C25H29N3OS. The number of rotatable bonds is 6. The van der Waals surface area contributed by atoms with E-state index in [2.05, 4.69) is 63.8 Å². The standard InChI is InChI=1S/C25H29N3OS/c1-19-10-11-20(2)23(17-19)26-25(29)24(21-7-4-3-5-8-21)28-14-12-27(13-15-28)18-22-9-6-16-30-22/h3-11,16-17,24H,12-15,18H2,1-2H3,(H,26,29). The van der Waals surface area contributed by atoms with Crippen LogP contribution < -0.4 is 5.32 Å². The highest BCUT2D eigenvalue weighted by atomic mass is 32.1. The normalized spacial score (nSPS) is 16.3. The largest absolute Gasteiger partial charge is 0.324 e. The molecule has 1 unspecified atom stereocenters. The van der Waals surface area contributed by atoms with Crippen LogP contribution >= 0.6 is 11.3 Å². The molecule has 4 nitrogen and oxygen atoms in total. The molecular weight excluding hydrogens is 390 g/mol. The number of piperazine rings is 1. The van der Waals surface area contributed by atoms with E-state index in [9.17, 15) is 4.79 Å². The smallest absolute Gasteiger partial charge is 0.246 e. The first-order chi connectivity index (χ1) is 14.6. The van der Waals surface area contributed by atoms with Crippen molar-refractivity contribution < 1.29 is 4.79 Å². The van der Waals surface area contributed by atoms with E-state index in [1.165, 1.54) is 4.88 Å². The fourth-order valence-corrected chi connectivity index (χ4v) is 4.78. The molecule has 2 heterocycles. The Balaban J connectivity index is 1.49. The van der Waals surface area contributed by atoms with Crippen molar-refractivity contribution in [1.82, 2.24) is 9.80 Å². The molecule has 0 bridgehead atoms. The highest BCUT2D eigenvalue weighted by molar-refractivity contribution is 7.09. The first-order valence-corrected chi connectivity index (χ1v) is 11.4. The van der Waals surface area contributed by atoms with E-state index < -0.39 is 0 Å². The van der Waals surface area contributed by atoms with Crippen molar-refractivity contribution in [1.29, 1.82) is 0 Å². The molecule has 1 saturated heterocycles. The van der Waals surface area contributed by atoms with Crippen LogP contribution in [0, 0.1) is 13.8 Å². The molecule has 4 rings (SSSR count). The molecule has 5 heteroatoms. The summed E-state index contributed by atoms with van der Waals surface area (Å²) in [5, 5.41) is 5.34. The van der Waals surface area contributed by atoms with Crippen LogP contribution in [0.15, 0.2) is 66.0 Å². The van der Waals surface area contributed by atoms with Crippen LogP contribution in [0.1, 0.15) is 27.6 Å². The van der Waals surface area contributed by atoms with Gasteiger partial charge >= 0.3 is 0 Å².